The maximum Gasteiger partial charge on any atom is 0.211 e. The third-order valence-electron chi connectivity index (χ3n) is 7.80. The molecule has 7 heteroatoms. The number of pyridine rings is 1. The van der Waals surface area contributed by atoms with Crippen LogP contribution >= 0.6 is 11.6 Å². The number of rotatable bonds is 10. The summed E-state index contributed by atoms with van der Waals surface area (Å²) < 4.78 is 0. The Morgan fingerprint density at radius 1 is 0.773 bits per heavy atom. The third-order valence-corrected chi connectivity index (χ3v) is 8.06. The van der Waals surface area contributed by atoms with Crippen molar-refractivity contribution in [3.63, 3.8) is 0 Å². The maximum atomic E-state index is 14.0. The molecule has 0 radical (unpaired) electrons. The van der Waals surface area contributed by atoms with E-state index in [0.717, 1.165) is 16.9 Å². The number of aliphatic hydroxyl groups excluding tert-OH is 1. The van der Waals surface area contributed by atoms with Gasteiger partial charge in [-0.25, -0.2) is 0 Å². The highest BCUT2D eigenvalue weighted by molar-refractivity contribution is 6.30. The summed E-state index contributed by atoms with van der Waals surface area (Å²) in [6.45, 7) is 3.59. The molecule has 0 spiro atoms. The van der Waals surface area contributed by atoms with Crippen molar-refractivity contribution in [2.24, 2.45) is 0 Å². The number of halogens is 1. The number of carbonyl (C=O) groups is 3. The third kappa shape index (κ3) is 6.23. The number of hydrogen-bond acceptors (Lipinski definition) is 6. The molecule has 1 N–H and O–H groups in total. The lowest BCUT2D eigenvalue weighted by Crippen LogP contribution is -2.31. The van der Waals surface area contributed by atoms with E-state index in [9.17, 15) is 19.5 Å². The van der Waals surface area contributed by atoms with E-state index in [4.69, 9.17) is 11.6 Å². The van der Waals surface area contributed by atoms with E-state index in [-0.39, 0.29) is 28.2 Å². The second kappa shape index (κ2) is 12.8. The minimum absolute atomic E-state index is 0.0674. The lowest BCUT2D eigenvalue weighted by molar-refractivity contribution is 0.0741. The topological polar surface area (TPSA) is 87.6 Å². The molecular formula is C37H31ClN2O4. The number of anilines is 2. The molecular weight excluding hydrogens is 572 g/mol. The SMILES string of the molecule is CN(c1ccc(Cl)cc1)c1ccc(C(=O)c2ccc(C(=O)C(C)(C)c3ccccc3)c(C(O)C(=O)c3ccccc3)c2)nc1. The van der Waals surface area contributed by atoms with Gasteiger partial charge in [-0.05, 0) is 67.4 Å². The zero-order valence-corrected chi connectivity index (χ0v) is 25.3. The molecule has 4 aromatic carbocycles. The summed E-state index contributed by atoms with van der Waals surface area (Å²) in [5, 5.41) is 12.0. The Bertz CT molecular complexity index is 1800. The van der Waals surface area contributed by atoms with E-state index in [1.807, 2.05) is 54.4 Å². The first-order valence-electron chi connectivity index (χ1n) is 14.1. The van der Waals surface area contributed by atoms with Crippen LogP contribution in [-0.2, 0) is 5.41 Å². The van der Waals surface area contributed by atoms with E-state index in [0.29, 0.717) is 10.6 Å². The Balaban J connectivity index is 1.50. The summed E-state index contributed by atoms with van der Waals surface area (Å²) in [6, 6.07) is 32.9. The Morgan fingerprint density at radius 3 is 2.00 bits per heavy atom. The number of ketones is 3. The van der Waals surface area contributed by atoms with Gasteiger partial charge in [0.1, 0.15) is 11.8 Å². The molecule has 1 heterocycles. The standard InChI is InChI=1S/C37H31ClN2O4/c1-37(2,26-12-8-5-9-13-26)36(44)30-20-14-25(22-31(30)35(43)34(42)24-10-6-4-7-11-24)33(41)32-21-19-29(23-39-32)40(3)28-17-15-27(38)16-18-28/h4-23,35,43H,1-3H3. The predicted octanol–water partition coefficient (Wildman–Crippen LogP) is 7.81. The van der Waals surface area contributed by atoms with Gasteiger partial charge in [0.15, 0.2) is 11.6 Å². The van der Waals surface area contributed by atoms with E-state index in [2.05, 4.69) is 4.98 Å². The van der Waals surface area contributed by atoms with Crippen molar-refractivity contribution in [2.75, 3.05) is 11.9 Å². The molecule has 1 atom stereocenters. The van der Waals surface area contributed by atoms with Crippen molar-refractivity contribution in [3.05, 3.63) is 160 Å². The van der Waals surface area contributed by atoms with Gasteiger partial charge in [0.25, 0.3) is 0 Å². The second-order valence-corrected chi connectivity index (χ2v) is 11.5. The monoisotopic (exact) mass is 602 g/mol. The zero-order chi connectivity index (χ0) is 31.4. The Hall–Kier alpha value is -4.91. The summed E-state index contributed by atoms with van der Waals surface area (Å²) in [7, 11) is 1.88. The average molecular weight is 603 g/mol. The normalized spacial score (nSPS) is 11.9. The first-order chi connectivity index (χ1) is 21.1. The smallest absolute Gasteiger partial charge is 0.211 e. The average Bonchev–Trinajstić information content (AvgIpc) is 3.07. The van der Waals surface area contributed by atoms with Crippen molar-refractivity contribution in [1.82, 2.24) is 4.98 Å². The molecule has 6 nitrogen and oxygen atoms in total. The summed E-state index contributed by atoms with van der Waals surface area (Å²) >= 11 is 6.01. The molecule has 0 saturated carbocycles. The highest BCUT2D eigenvalue weighted by Gasteiger charge is 2.35. The van der Waals surface area contributed by atoms with Crippen molar-refractivity contribution in [1.29, 1.82) is 0 Å². The minimum atomic E-state index is -1.67. The number of hydrogen-bond donors (Lipinski definition) is 1. The van der Waals surface area contributed by atoms with Crippen LogP contribution in [0.1, 0.15) is 67.8 Å². The van der Waals surface area contributed by atoms with Crippen LogP contribution in [0.2, 0.25) is 5.02 Å². The van der Waals surface area contributed by atoms with E-state index >= 15 is 0 Å². The molecule has 0 fully saturated rings. The largest absolute Gasteiger partial charge is 0.380 e. The van der Waals surface area contributed by atoms with E-state index < -0.39 is 23.1 Å². The fourth-order valence-corrected chi connectivity index (χ4v) is 5.17. The molecule has 0 aliphatic rings. The molecule has 1 aromatic heterocycles. The van der Waals surface area contributed by atoms with Gasteiger partial charge >= 0.3 is 0 Å². The van der Waals surface area contributed by atoms with Crippen molar-refractivity contribution >= 4 is 40.3 Å². The molecule has 1 unspecified atom stereocenters. The highest BCUT2D eigenvalue weighted by Crippen LogP contribution is 2.33. The van der Waals surface area contributed by atoms with Crippen LogP contribution in [0.4, 0.5) is 11.4 Å². The Labute approximate surface area is 261 Å². The van der Waals surface area contributed by atoms with Gasteiger partial charge in [0, 0.05) is 34.4 Å². The van der Waals surface area contributed by atoms with Crippen LogP contribution in [0.15, 0.2) is 121 Å². The van der Waals surface area contributed by atoms with E-state index in [1.165, 1.54) is 18.2 Å². The summed E-state index contributed by atoms with van der Waals surface area (Å²) in [6.07, 6.45) is -0.0735. The highest BCUT2D eigenvalue weighted by atomic mass is 35.5. The molecule has 0 bridgehead atoms. The maximum absolute atomic E-state index is 14.0. The van der Waals surface area contributed by atoms with Gasteiger partial charge in [-0.15, -0.1) is 0 Å². The van der Waals surface area contributed by atoms with Crippen LogP contribution in [0, 0.1) is 0 Å². The molecule has 0 aliphatic heterocycles. The fraction of sp³-hybridized carbons (Fsp3) is 0.135. The van der Waals surface area contributed by atoms with E-state index in [1.54, 1.807) is 74.6 Å². The van der Waals surface area contributed by atoms with Crippen molar-refractivity contribution in [2.45, 2.75) is 25.4 Å². The first-order valence-corrected chi connectivity index (χ1v) is 14.5. The van der Waals surface area contributed by atoms with Crippen LogP contribution in [0.5, 0.6) is 0 Å². The number of aliphatic hydroxyl groups is 1. The quantitative estimate of drug-likeness (QED) is 0.164. The first kappa shape index (κ1) is 30.5. The van der Waals surface area contributed by atoms with Crippen LogP contribution in [0.3, 0.4) is 0 Å². The van der Waals surface area contributed by atoms with Gasteiger partial charge in [0.2, 0.25) is 5.78 Å². The molecule has 44 heavy (non-hydrogen) atoms. The van der Waals surface area contributed by atoms with Crippen LogP contribution in [-0.4, -0.2) is 34.5 Å². The lowest BCUT2D eigenvalue weighted by Gasteiger charge is -2.26. The summed E-state index contributed by atoms with van der Waals surface area (Å²) in [4.78, 5) is 47.3. The van der Waals surface area contributed by atoms with Gasteiger partial charge in [-0.1, -0.05) is 84.4 Å². The second-order valence-electron chi connectivity index (χ2n) is 11.0. The Morgan fingerprint density at radius 2 is 1.39 bits per heavy atom. The van der Waals surface area contributed by atoms with Gasteiger partial charge < -0.3 is 10.0 Å². The van der Waals surface area contributed by atoms with Crippen LogP contribution in [0.25, 0.3) is 0 Å². The van der Waals surface area contributed by atoms with Gasteiger partial charge in [-0.3, -0.25) is 19.4 Å². The van der Waals surface area contributed by atoms with Gasteiger partial charge in [0.05, 0.1) is 17.3 Å². The molecule has 5 rings (SSSR count). The number of benzene rings is 4. The lowest BCUT2D eigenvalue weighted by atomic mass is 9.76. The minimum Gasteiger partial charge on any atom is -0.380 e. The molecule has 0 aliphatic carbocycles. The number of Topliss-reactive ketones (excluding diaryl/α,β-unsaturated/α-hetero) is 2. The van der Waals surface area contributed by atoms with Gasteiger partial charge in [-0.2, -0.15) is 0 Å². The zero-order valence-electron chi connectivity index (χ0n) is 24.6. The Kier molecular flexibility index (Phi) is 8.86. The fourth-order valence-electron chi connectivity index (χ4n) is 5.04. The summed E-state index contributed by atoms with van der Waals surface area (Å²) in [5.74, 6) is -1.27. The molecule has 220 valence electrons. The predicted molar refractivity (Wildman–Crippen MR) is 173 cm³/mol. The number of aromatic nitrogens is 1. The molecule has 0 saturated heterocycles. The molecule has 0 amide bonds. The molecule has 5 aromatic rings. The summed E-state index contributed by atoms with van der Waals surface area (Å²) in [5.41, 5.74) is 2.38. The van der Waals surface area contributed by atoms with Crippen molar-refractivity contribution in [3.8, 4) is 0 Å². The van der Waals surface area contributed by atoms with Crippen LogP contribution < -0.4 is 4.90 Å². The van der Waals surface area contributed by atoms with Crippen molar-refractivity contribution < 1.29 is 19.5 Å². The number of nitrogens with zero attached hydrogens (tertiary/aromatic N) is 2. The number of carbonyl (C=O) groups excluding carboxylic acids is 3.